The van der Waals surface area contributed by atoms with Crippen molar-refractivity contribution in [2.24, 2.45) is 0 Å². The average molecular weight is 351 g/mol. The molecule has 1 aliphatic rings. The van der Waals surface area contributed by atoms with E-state index in [-0.39, 0.29) is 0 Å². The Balaban J connectivity index is 2.04. The first-order valence-corrected chi connectivity index (χ1v) is 9.65. The lowest BCUT2D eigenvalue weighted by Crippen LogP contribution is -2.39. The predicted octanol–water partition coefficient (Wildman–Crippen LogP) is 3.33. The molecule has 1 aromatic carbocycles. The summed E-state index contributed by atoms with van der Waals surface area (Å²) in [6.07, 6.45) is 4.75. The number of aliphatic carboxylic acids is 1. The van der Waals surface area contributed by atoms with Gasteiger partial charge in [-0.15, -0.1) is 0 Å². The van der Waals surface area contributed by atoms with Crippen LogP contribution in [-0.2, 0) is 19.4 Å². The van der Waals surface area contributed by atoms with Gasteiger partial charge in [-0.3, -0.25) is 0 Å². The lowest BCUT2D eigenvalue weighted by Gasteiger charge is -2.23. The highest BCUT2D eigenvalue weighted by Crippen LogP contribution is 2.31. The van der Waals surface area contributed by atoms with Crippen molar-refractivity contribution in [2.75, 3.05) is 13.1 Å². The van der Waals surface area contributed by atoms with Gasteiger partial charge in [0.25, 0.3) is 0 Å². The van der Waals surface area contributed by atoms with E-state index >= 15 is 0 Å². The highest BCUT2D eigenvalue weighted by Gasteiger charge is 2.39. The second-order valence-corrected chi connectivity index (χ2v) is 8.38. The van der Waals surface area contributed by atoms with E-state index in [0.717, 1.165) is 35.7 Å². The molecule has 24 heavy (non-hydrogen) atoms. The molecule has 2 aromatic rings. The number of rotatable bonds is 4. The third kappa shape index (κ3) is 2.87. The minimum atomic E-state index is -3.24. The molecule has 1 aromatic heterocycles. The van der Waals surface area contributed by atoms with Gasteiger partial charge in [0.05, 0.1) is 0 Å². The molecule has 130 valence electrons. The molecule has 0 bridgehead atoms. The topological polar surface area (TPSA) is 82.8 Å². The minimum Gasteiger partial charge on any atom is -0.480 e. The van der Waals surface area contributed by atoms with Crippen LogP contribution in [0.2, 0.25) is 0 Å². The molecule has 2 N–H and O–H groups in total. The number of carboxylic acids is 1. The first kappa shape index (κ1) is 17.1. The summed E-state index contributed by atoms with van der Waals surface area (Å²) in [5.74, 6) is -0.907. The maximum absolute atomic E-state index is 12.9. The Morgan fingerprint density at radius 2 is 1.92 bits per heavy atom. The molecule has 2 unspecified atom stereocenters. The van der Waals surface area contributed by atoms with E-state index in [2.05, 4.69) is 0 Å². The molecule has 1 fully saturated rings. The number of hydrogen-bond acceptors (Lipinski definition) is 2. The zero-order valence-electron chi connectivity index (χ0n) is 13.9. The number of benzene rings is 1. The Morgan fingerprint density at radius 3 is 2.54 bits per heavy atom. The largest absolute Gasteiger partial charge is 0.480 e. The van der Waals surface area contributed by atoms with Crippen LogP contribution in [0.1, 0.15) is 37.8 Å². The molecule has 7 heteroatoms. The van der Waals surface area contributed by atoms with Crippen molar-refractivity contribution in [1.82, 2.24) is 8.87 Å². The molecule has 2 atom stereocenters. The fourth-order valence-corrected chi connectivity index (χ4v) is 4.84. The zero-order chi connectivity index (χ0) is 17.5. The van der Waals surface area contributed by atoms with Gasteiger partial charge in [-0.25, -0.2) is 4.79 Å². The van der Waals surface area contributed by atoms with E-state index in [1.54, 1.807) is 40.2 Å². The lowest BCUT2D eigenvalue weighted by atomic mass is 10.2. The first-order valence-electron chi connectivity index (χ1n) is 8.18. The summed E-state index contributed by atoms with van der Waals surface area (Å²) in [5.41, 5.74) is 1.66. The van der Waals surface area contributed by atoms with Crippen LogP contribution >= 0.6 is 0 Å². The van der Waals surface area contributed by atoms with Crippen molar-refractivity contribution in [1.29, 1.82) is 0 Å². The van der Waals surface area contributed by atoms with Crippen LogP contribution in [0.15, 0.2) is 29.3 Å². The average Bonchev–Trinajstić information content (AvgIpc) is 2.91. The van der Waals surface area contributed by atoms with Crippen LogP contribution in [0.5, 0.6) is 0 Å². The SMILES string of the molecule is Cc1cn(C(C)C(=O)O)c2ccc([S+](=O)(O)N3CCCCC3)cc12. The number of piperidine rings is 1. The summed E-state index contributed by atoms with van der Waals surface area (Å²) in [6.45, 7) is 4.77. The number of aromatic nitrogens is 1. The summed E-state index contributed by atoms with van der Waals surface area (Å²) in [6, 6.07) is 4.43. The molecule has 0 aliphatic carbocycles. The van der Waals surface area contributed by atoms with Crippen LogP contribution in [0.3, 0.4) is 0 Å². The second kappa shape index (κ2) is 6.31. The van der Waals surface area contributed by atoms with Gasteiger partial charge in [0.1, 0.15) is 6.04 Å². The van der Waals surface area contributed by atoms with Crippen LogP contribution in [0.25, 0.3) is 10.9 Å². The van der Waals surface area contributed by atoms with Crippen molar-refractivity contribution in [3.63, 3.8) is 0 Å². The Labute approximate surface area is 142 Å². The molecule has 0 amide bonds. The Bertz CT molecular complexity index is 823. The molecular weight excluding hydrogens is 328 g/mol. The van der Waals surface area contributed by atoms with Crippen LogP contribution in [-0.4, -0.2) is 37.6 Å². The number of fused-ring (bicyclic) bond motifs is 1. The third-order valence-electron chi connectivity index (χ3n) is 4.75. The molecule has 0 radical (unpaired) electrons. The fraction of sp³-hybridized carbons (Fsp3) is 0.471. The first-order chi connectivity index (χ1) is 11.3. The van der Waals surface area contributed by atoms with Gasteiger partial charge < -0.3 is 9.67 Å². The molecule has 0 spiro atoms. The Kier molecular flexibility index (Phi) is 4.50. The van der Waals surface area contributed by atoms with E-state index < -0.39 is 22.4 Å². The smallest absolute Gasteiger partial charge is 0.326 e. The lowest BCUT2D eigenvalue weighted by molar-refractivity contribution is -0.140. The van der Waals surface area contributed by atoms with Crippen LogP contribution in [0, 0.1) is 6.92 Å². The van der Waals surface area contributed by atoms with Gasteiger partial charge in [-0.1, -0.05) is 10.7 Å². The van der Waals surface area contributed by atoms with E-state index in [9.17, 15) is 18.7 Å². The number of carboxylic acid groups (broad SMARTS) is 1. The molecule has 1 saturated heterocycles. The van der Waals surface area contributed by atoms with E-state index in [0.29, 0.717) is 18.0 Å². The van der Waals surface area contributed by atoms with Gasteiger partial charge in [0.15, 0.2) is 0 Å². The van der Waals surface area contributed by atoms with Gasteiger partial charge in [-0.05, 0) is 42.5 Å². The fourth-order valence-electron chi connectivity index (χ4n) is 3.27. The summed E-state index contributed by atoms with van der Waals surface area (Å²) >= 11 is 0. The van der Waals surface area contributed by atoms with E-state index in [4.69, 9.17) is 0 Å². The maximum atomic E-state index is 12.9. The van der Waals surface area contributed by atoms with Gasteiger partial charge in [0.2, 0.25) is 4.90 Å². The summed E-state index contributed by atoms with van der Waals surface area (Å²) in [7, 11) is -3.24. The number of carbonyl (C=O) groups is 1. The highest BCUT2D eigenvalue weighted by molar-refractivity contribution is 7.95. The molecule has 2 heterocycles. The predicted molar refractivity (Wildman–Crippen MR) is 93.4 cm³/mol. The van der Waals surface area contributed by atoms with Gasteiger partial charge in [0, 0.05) is 42.3 Å². The monoisotopic (exact) mass is 351 g/mol. The van der Waals surface area contributed by atoms with Gasteiger partial charge in [-0.2, -0.15) is 4.55 Å². The number of hydrogen-bond donors (Lipinski definition) is 2. The minimum absolute atomic E-state index is 0.390. The van der Waals surface area contributed by atoms with Crippen LogP contribution < -0.4 is 0 Å². The van der Waals surface area contributed by atoms with Crippen molar-refractivity contribution < 1.29 is 18.7 Å². The normalized spacial score (nSPS) is 20.0. The standard InChI is InChI=1S/C17H22N2O4S/c1-12-11-19(13(2)17(20)21)16-7-6-14(10-15(12)16)24(22,23)18-8-4-3-5-9-18/h6-7,10-11,13H,3-5,8-9H2,1-2H3,(H-,20,21,22,23)/p+1. The van der Waals surface area contributed by atoms with E-state index in [1.165, 1.54) is 0 Å². The highest BCUT2D eigenvalue weighted by atomic mass is 32.3. The molecule has 6 nitrogen and oxygen atoms in total. The van der Waals surface area contributed by atoms with Crippen molar-refractivity contribution in [2.45, 2.75) is 44.0 Å². The van der Waals surface area contributed by atoms with E-state index in [1.807, 2.05) is 6.92 Å². The van der Waals surface area contributed by atoms with Crippen molar-refractivity contribution in [3.05, 3.63) is 30.0 Å². The Hall–Kier alpha value is -1.70. The molecule has 0 saturated carbocycles. The molecule has 3 rings (SSSR count). The van der Waals surface area contributed by atoms with Gasteiger partial charge >= 0.3 is 16.4 Å². The molecule has 1 aliphatic heterocycles. The second-order valence-electron chi connectivity index (χ2n) is 6.40. The molecular formula is C17H23N2O4S+. The van der Waals surface area contributed by atoms with Crippen molar-refractivity contribution in [3.8, 4) is 0 Å². The summed E-state index contributed by atoms with van der Waals surface area (Å²) in [4.78, 5) is 11.7. The van der Waals surface area contributed by atoms with Crippen molar-refractivity contribution >= 4 is 27.3 Å². The summed E-state index contributed by atoms with van der Waals surface area (Å²) in [5, 5.41) is 10.1. The Morgan fingerprint density at radius 1 is 1.25 bits per heavy atom. The summed E-state index contributed by atoms with van der Waals surface area (Å²) < 4.78 is 26.9. The number of aryl methyl sites for hydroxylation is 1. The maximum Gasteiger partial charge on any atom is 0.326 e. The van der Waals surface area contributed by atoms with Crippen LogP contribution in [0.4, 0.5) is 0 Å². The third-order valence-corrected chi connectivity index (χ3v) is 6.68. The quantitative estimate of drug-likeness (QED) is 0.828. The zero-order valence-corrected chi connectivity index (χ0v) is 14.8. The number of nitrogens with zero attached hydrogens (tertiary/aromatic N) is 2.